The monoisotopic (exact) mass is 454 g/mol. The molecule has 3 aromatic rings. The number of carbonyl (C=O) groups is 1. The lowest BCUT2D eigenvalue weighted by Gasteiger charge is -2.22. The Morgan fingerprint density at radius 2 is 2.00 bits per heavy atom. The molecule has 0 bridgehead atoms. The van der Waals surface area contributed by atoms with E-state index in [0.29, 0.717) is 17.6 Å². The summed E-state index contributed by atoms with van der Waals surface area (Å²) in [6.45, 7) is 3.17. The maximum Gasteiger partial charge on any atom is 0.233 e. The zero-order valence-electron chi connectivity index (χ0n) is 18.6. The first-order chi connectivity index (χ1) is 15.6. The Morgan fingerprint density at radius 3 is 2.69 bits per heavy atom. The molecule has 1 aliphatic carbocycles. The van der Waals surface area contributed by atoms with Crippen LogP contribution < -0.4 is 10.1 Å². The van der Waals surface area contributed by atoms with Crippen molar-refractivity contribution in [2.24, 2.45) is 5.92 Å². The van der Waals surface area contributed by atoms with E-state index in [9.17, 15) is 4.79 Å². The fraction of sp³-hybridized carbons (Fsp3) is 0.458. The van der Waals surface area contributed by atoms with Crippen LogP contribution in [0.4, 0.5) is 0 Å². The molecular weight excluding hydrogens is 424 g/mol. The van der Waals surface area contributed by atoms with Gasteiger partial charge in [0.2, 0.25) is 5.91 Å². The van der Waals surface area contributed by atoms with Crippen LogP contribution in [0, 0.1) is 5.92 Å². The number of rotatable bonds is 9. The van der Waals surface area contributed by atoms with Gasteiger partial charge >= 0.3 is 0 Å². The van der Waals surface area contributed by atoms with E-state index < -0.39 is 0 Å². The minimum atomic E-state index is -0.276. The highest BCUT2D eigenvalue weighted by Crippen LogP contribution is 2.29. The Hall–Kier alpha value is -2.74. The standard InChI is InChI=1S/C24H30N4O3S/c1-17(23(29)25-15-18-7-4-3-5-8-18)32-24-27-26-22(19-10-12-20(30-2)13-11-19)28(24)16-21-9-6-14-31-21/h6,9-14,17-18H,3-5,7-8,15-16H2,1-2H3,(H,25,29). The van der Waals surface area contributed by atoms with Gasteiger partial charge in [0, 0.05) is 12.1 Å². The smallest absolute Gasteiger partial charge is 0.233 e. The van der Waals surface area contributed by atoms with Gasteiger partial charge in [-0.3, -0.25) is 9.36 Å². The molecule has 1 N–H and O–H groups in total. The van der Waals surface area contributed by atoms with Crippen molar-refractivity contribution in [1.29, 1.82) is 0 Å². The van der Waals surface area contributed by atoms with E-state index in [4.69, 9.17) is 9.15 Å². The van der Waals surface area contributed by atoms with Gasteiger partial charge in [-0.2, -0.15) is 0 Å². The van der Waals surface area contributed by atoms with E-state index in [1.54, 1.807) is 13.4 Å². The Kier molecular flexibility index (Phi) is 7.52. The van der Waals surface area contributed by atoms with Gasteiger partial charge in [-0.15, -0.1) is 10.2 Å². The van der Waals surface area contributed by atoms with Crippen LogP contribution in [0.15, 0.2) is 52.2 Å². The normalized spacial score (nSPS) is 15.4. The van der Waals surface area contributed by atoms with Crippen LogP contribution in [0.1, 0.15) is 44.8 Å². The van der Waals surface area contributed by atoms with E-state index in [1.807, 2.05) is 47.9 Å². The molecule has 2 heterocycles. The van der Waals surface area contributed by atoms with E-state index in [-0.39, 0.29) is 11.2 Å². The molecule has 170 valence electrons. The third-order valence-electron chi connectivity index (χ3n) is 5.90. The topological polar surface area (TPSA) is 82.2 Å². The predicted octanol–water partition coefficient (Wildman–Crippen LogP) is 4.77. The second-order valence-corrected chi connectivity index (χ2v) is 9.52. The summed E-state index contributed by atoms with van der Waals surface area (Å²) in [5.41, 5.74) is 0.922. The van der Waals surface area contributed by atoms with Gasteiger partial charge in [-0.05, 0) is 62.1 Å². The minimum Gasteiger partial charge on any atom is -0.497 e. The van der Waals surface area contributed by atoms with Gasteiger partial charge in [0.1, 0.15) is 11.5 Å². The summed E-state index contributed by atoms with van der Waals surface area (Å²) < 4.78 is 12.8. The number of nitrogens with one attached hydrogen (secondary N) is 1. The van der Waals surface area contributed by atoms with E-state index in [2.05, 4.69) is 15.5 Å². The van der Waals surface area contributed by atoms with Crippen molar-refractivity contribution in [2.45, 2.75) is 56.0 Å². The second kappa shape index (κ2) is 10.7. The van der Waals surface area contributed by atoms with Crippen molar-refractivity contribution in [2.75, 3.05) is 13.7 Å². The Morgan fingerprint density at radius 1 is 1.22 bits per heavy atom. The number of furan rings is 1. The van der Waals surface area contributed by atoms with Crippen LogP contribution >= 0.6 is 11.8 Å². The lowest BCUT2D eigenvalue weighted by atomic mass is 9.89. The number of amides is 1. The molecule has 0 radical (unpaired) electrons. The first kappa shape index (κ1) is 22.5. The summed E-state index contributed by atoms with van der Waals surface area (Å²) in [4.78, 5) is 12.7. The highest BCUT2D eigenvalue weighted by Gasteiger charge is 2.22. The number of methoxy groups -OCH3 is 1. The summed E-state index contributed by atoms with van der Waals surface area (Å²) in [5, 5.41) is 12.4. The van der Waals surface area contributed by atoms with Gasteiger partial charge in [-0.25, -0.2) is 0 Å². The zero-order chi connectivity index (χ0) is 22.3. The predicted molar refractivity (Wildman–Crippen MR) is 125 cm³/mol. The second-order valence-electron chi connectivity index (χ2n) is 8.21. The first-order valence-electron chi connectivity index (χ1n) is 11.2. The van der Waals surface area contributed by atoms with Crippen molar-refractivity contribution < 1.29 is 13.9 Å². The van der Waals surface area contributed by atoms with E-state index in [0.717, 1.165) is 29.4 Å². The average molecular weight is 455 g/mol. The van der Waals surface area contributed by atoms with Crippen LogP contribution in [-0.2, 0) is 11.3 Å². The summed E-state index contributed by atoms with van der Waals surface area (Å²) in [5.74, 6) is 2.95. The fourth-order valence-electron chi connectivity index (χ4n) is 4.02. The van der Waals surface area contributed by atoms with Crippen molar-refractivity contribution in [1.82, 2.24) is 20.1 Å². The van der Waals surface area contributed by atoms with Gasteiger partial charge in [-0.1, -0.05) is 31.0 Å². The van der Waals surface area contributed by atoms with E-state index >= 15 is 0 Å². The minimum absolute atomic E-state index is 0.0409. The van der Waals surface area contributed by atoms with Crippen LogP contribution in [0.25, 0.3) is 11.4 Å². The fourth-order valence-corrected chi connectivity index (χ4v) is 4.89. The van der Waals surface area contributed by atoms with Crippen LogP contribution in [-0.4, -0.2) is 39.6 Å². The van der Waals surface area contributed by atoms with Crippen molar-refractivity contribution in [3.8, 4) is 17.1 Å². The van der Waals surface area contributed by atoms with Crippen molar-refractivity contribution in [3.05, 3.63) is 48.4 Å². The van der Waals surface area contributed by atoms with Gasteiger partial charge in [0.25, 0.3) is 0 Å². The summed E-state index contributed by atoms with van der Waals surface area (Å²) >= 11 is 1.42. The maximum atomic E-state index is 12.7. The highest BCUT2D eigenvalue weighted by atomic mass is 32.2. The van der Waals surface area contributed by atoms with E-state index in [1.165, 1.54) is 43.9 Å². The summed E-state index contributed by atoms with van der Waals surface area (Å²) in [7, 11) is 1.64. The van der Waals surface area contributed by atoms with Gasteiger partial charge in [0.15, 0.2) is 11.0 Å². The highest BCUT2D eigenvalue weighted by molar-refractivity contribution is 8.00. The number of thioether (sulfide) groups is 1. The quantitative estimate of drug-likeness (QED) is 0.469. The Bertz CT molecular complexity index is 995. The molecule has 1 aliphatic rings. The largest absolute Gasteiger partial charge is 0.497 e. The molecule has 4 rings (SSSR count). The van der Waals surface area contributed by atoms with Crippen LogP contribution in [0.3, 0.4) is 0 Å². The molecule has 1 atom stereocenters. The van der Waals surface area contributed by atoms with Crippen molar-refractivity contribution >= 4 is 17.7 Å². The molecule has 0 aliphatic heterocycles. The third kappa shape index (κ3) is 5.54. The molecule has 0 saturated heterocycles. The van der Waals surface area contributed by atoms with Crippen molar-refractivity contribution in [3.63, 3.8) is 0 Å². The number of carbonyl (C=O) groups excluding carboxylic acids is 1. The average Bonchev–Trinajstić information content (AvgIpc) is 3.49. The lowest BCUT2D eigenvalue weighted by Crippen LogP contribution is -2.35. The molecule has 1 amide bonds. The number of ether oxygens (including phenoxy) is 1. The molecule has 1 aromatic carbocycles. The molecule has 8 heteroatoms. The first-order valence-corrected chi connectivity index (χ1v) is 12.1. The molecule has 1 unspecified atom stereocenters. The van der Waals surface area contributed by atoms with Gasteiger partial charge < -0.3 is 14.5 Å². The SMILES string of the molecule is COc1ccc(-c2nnc(SC(C)C(=O)NCC3CCCCC3)n2Cc2ccco2)cc1. The molecule has 7 nitrogen and oxygen atoms in total. The summed E-state index contributed by atoms with van der Waals surface area (Å²) in [6, 6.07) is 11.5. The lowest BCUT2D eigenvalue weighted by molar-refractivity contribution is -0.120. The number of hydrogen-bond donors (Lipinski definition) is 1. The van der Waals surface area contributed by atoms with Crippen LogP contribution in [0.5, 0.6) is 5.75 Å². The van der Waals surface area contributed by atoms with Gasteiger partial charge in [0.05, 0.1) is 25.2 Å². The zero-order valence-corrected chi connectivity index (χ0v) is 19.4. The Balaban J connectivity index is 1.49. The summed E-state index contributed by atoms with van der Waals surface area (Å²) in [6.07, 6.45) is 7.94. The molecule has 1 fully saturated rings. The number of nitrogens with zero attached hydrogens (tertiary/aromatic N) is 3. The molecule has 32 heavy (non-hydrogen) atoms. The molecule has 2 aromatic heterocycles. The maximum absolute atomic E-state index is 12.7. The number of aromatic nitrogens is 3. The third-order valence-corrected chi connectivity index (χ3v) is 6.98. The number of benzene rings is 1. The molecular formula is C24H30N4O3S. The number of hydrogen-bond acceptors (Lipinski definition) is 6. The van der Waals surface area contributed by atoms with Crippen LogP contribution in [0.2, 0.25) is 0 Å². The molecule has 0 spiro atoms. The Labute approximate surface area is 192 Å². The molecule has 1 saturated carbocycles.